The van der Waals surface area contributed by atoms with Crippen molar-refractivity contribution in [1.82, 2.24) is 16.3 Å². The molecule has 1 heterocycles. The van der Waals surface area contributed by atoms with Crippen LogP contribution in [0, 0.1) is 0 Å². The topological polar surface area (TPSA) is 95.0 Å². The van der Waals surface area contributed by atoms with Gasteiger partial charge in [0.15, 0.2) is 0 Å². The number of phenolic OH excluding ortho intramolecular Hbond substituents is 1. The maximum absolute atomic E-state index is 12.6. The molecular weight excluding hydrogens is 440 g/mol. The molecule has 1 amide bonds. The molecule has 0 spiro atoms. The Labute approximate surface area is 203 Å². The molecule has 0 bridgehead atoms. The van der Waals surface area contributed by atoms with Gasteiger partial charge in [0.1, 0.15) is 24.1 Å². The number of phenols is 1. The summed E-state index contributed by atoms with van der Waals surface area (Å²) in [6.07, 6.45) is 2.09. The lowest BCUT2D eigenvalue weighted by Gasteiger charge is -2.16. The lowest BCUT2D eigenvalue weighted by molar-refractivity contribution is -0.122. The number of amides is 1. The molecule has 1 saturated heterocycles. The number of para-hydroxylation sites is 1. The van der Waals surface area contributed by atoms with Crippen LogP contribution < -0.4 is 21.0 Å². The molecule has 0 radical (unpaired) electrons. The molecule has 1 aliphatic rings. The molecule has 7 nitrogen and oxygen atoms in total. The first-order valence-electron chi connectivity index (χ1n) is 11.5. The van der Waals surface area contributed by atoms with Gasteiger partial charge >= 0.3 is 0 Å². The third kappa shape index (κ3) is 5.32. The lowest BCUT2D eigenvalue weighted by Crippen LogP contribution is -2.41. The fourth-order valence-corrected chi connectivity index (χ4v) is 4.21. The van der Waals surface area contributed by atoms with Gasteiger partial charge in [0.25, 0.3) is 5.91 Å². The highest BCUT2D eigenvalue weighted by Crippen LogP contribution is 2.31. The number of hydrazine groups is 1. The second kappa shape index (κ2) is 10.4. The Morgan fingerprint density at radius 1 is 0.971 bits per heavy atom. The van der Waals surface area contributed by atoms with Crippen LogP contribution in [0.25, 0.3) is 10.8 Å². The van der Waals surface area contributed by atoms with Crippen molar-refractivity contribution in [3.05, 3.63) is 108 Å². The minimum atomic E-state index is -0.442. The molecule has 2 unspecified atom stereocenters. The molecular formula is C28H26N4O3. The fraction of sp³-hybridized carbons (Fsp3) is 0.143. The van der Waals surface area contributed by atoms with Gasteiger partial charge in [0.2, 0.25) is 0 Å². The Morgan fingerprint density at radius 3 is 2.63 bits per heavy atom. The van der Waals surface area contributed by atoms with E-state index in [1.807, 2.05) is 42.5 Å². The summed E-state index contributed by atoms with van der Waals surface area (Å²) in [5, 5.41) is 15.7. The third-order valence-electron chi connectivity index (χ3n) is 6.06. The van der Waals surface area contributed by atoms with Gasteiger partial charge in [-0.25, -0.2) is 16.3 Å². The Hall–Kier alpha value is -4.20. The summed E-state index contributed by atoms with van der Waals surface area (Å²) in [6, 6.07) is 28.4. The molecule has 35 heavy (non-hydrogen) atoms. The number of hydrogen-bond acceptors (Lipinski definition) is 6. The van der Waals surface area contributed by atoms with Gasteiger partial charge in [-0.1, -0.05) is 60.7 Å². The quantitative estimate of drug-likeness (QED) is 0.242. The number of nitrogens with zero attached hydrogens (tertiary/aromatic N) is 1. The van der Waals surface area contributed by atoms with E-state index in [1.165, 1.54) is 17.0 Å². The summed E-state index contributed by atoms with van der Waals surface area (Å²) in [5.74, 6) is 0.732. The van der Waals surface area contributed by atoms with Crippen LogP contribution in [0.2, 0.25) is 0 Å². The highest BCUT2D eigenvalue weighted by molar-refractivity contribution is 5.86. The molecule has 0 aromatic heterocycles. The summed E-state index contributed by atoms with van der Waals surface area (Å²) in [6.45, 7) is 0.453. The predicted molar refractivity (Wildman–Crippen MR) is 136 cm³/mol. The Morgan fingerprint density at radius 2 is 1.74 bits per heavy atom. The van der Waals surface area contributed by atoms with E-state index < -0.39 is 6.04 Å². The molecule has 5 rings (SSSR count). The normalized spacial score (nSPS) is 17.6. The number of rotatable bonds is 7. The number of nitrogens with one attached hydrogen (secondary N) is 3. The Balaban J connectivity index is 1.22. The van der Waals surface area contributed by atoms with Crippen LogP contribution in [-0.4, -0.2) is 23.3 Å². The zero-order valence-electron chi connectivity index (χ0n) is 19.0. The van der Waals surface area contributed by atoms with Crippen molar-refractivity contribution >= 4 is 22.9 Å². The first-order chi connectivity index (χ1) is 17.2. The number of hydrogen-bond donors (Lipinski definition) is 4. The number of aromatic hydroxyl groups is 1. The maximum Gasteiger partial charge on any atom is 0.258 e. The summed E-state index contributed by atoms with van der Waals surface area (Å²) in [7, 11) is 0. The molecule has 176 valence electrons. The molecule has 7 heteroatoms. The van der Waals surface area contributed by atoms with Crippen molar-refractivity contribution in [2.45, 2.75) is 25.1 Å². The first kappa shape index (κ1) is 22.6. The molecule has 0 saturated carbocycles. The molecule has 2 atom stereocenters. The van der Waals surface area contributed by atoms with Crippen molar-refractivity contribution in [2.75, 3.05) is 0 Å². The standard InChI is InChI=1S/C28H26N4O3/c33-22-14-12-19(13-15-22)17-29-32-28(34)26-16-25(30-31-26)24-10-3-4-11-27(24)35-18-21-8-5-7-20-6-1-2-9-23(20)21/h1-15,17,25-26,30-31,33H,16,18H2,(H,32,34)/b29-17+. The van der Waals surface area contributed by atoms with Gasteiger partial charge in [0, 0.05) is 5.56 Å². The molecule has 1 aliphatic heterocycles. The van der Waals surface area contributed by atoms with Crippen molar-refractivity contribution in [2.24, 2.45) is 5.10 Å². The minimum absolute atomic E-state index is 0.0875. The smallest absolute Gasteiger partial charge is 0.258 e. The van der Waals surface area contributed by atoms with Crippen LogP contribution in [-0.2, 0) is 11.4 Å². The van der Waals surface area contributed by atoms with E-state index in [2.05, 4.69) is 45.6 Å². The summed E-state index contributed by atoms with van der Waals surface area (Å²) >= 11 is 0. The van der Waals surface area contributed by atoms with E-state index in [4.69, 9.17) is 4.74 Å². The van der Waals surface area contributed by atoms with Crippen molar-refractivity contribution in [3.8, 4) is 11.5 Å². The second-order valence-electron chi connectivity index (χ2n) is 8.42. The first-order valence-corrected chi connectivity index (χ1v) is 11.5. The van der Waals surface area contributed by atoms with Gasteiger partial charge in [-0.05, 0) is 58.7 Å². The van der Waals surface area contributed by atoms with Crippen molar-refractivity contribution in [3.63, 3.8) is 0 Å². The van der Waals surface area contributed by atoms with E-state index in [9.17, 15) is 9.90 Å². The van der Waals surface area contributed by atoms with E-state index >= 15 is 0 Å². The van der Waals surface area contributed by atoms with E-state index in [-0.39, 0.29) is 17.7 Å². The molecule has 1 fully saturated rings. The van der Waals surface area contributed by atoms with Crippen LogP contribution >= 0.6 is 0 Å². The molecule has 4 aromatic rings. The third-order valence-corrected chi connectivity index (χ3v) is 6.06. The van der Waals surface area contributed by atoms with Gasteiger partial charge < -0.3 is 9.84 Å². The number of benzene rings is 4. The number of carbonyl (C=O) groups is 1. The van der Waals surface area contributed by atoms with E-state index in [1.54, 1.807) is 24.3 Å². The predicted octanol–water partition coefficient (Wildman–Crippen LogP) is 4.18. The van der Waals surface area contributed by atoms with Crippen molar-refractivity contribution in [1.29, 1.82) is 0 Å². The van der Waals surface area contributed by atoms with Gasteiger partial charge in [-0.3, -0.25) is 4.79 Å². The zero-order valence-corrected chi connectivity index (χ0v) is 19.0. The van der Waals surface area contributed by atoms with E-state index in [0.717, 1.165) is 22.4 Å². The van der Waals surface area contributed by atoms with Crippen LogP contribution in [0.4, 0.5) is 0 Å². The van der Waals surface area contributed by atoms with Crippen LogP contribution in [0.1, 0.15) is 29.2 Å². The molecule has 4 aromatic carbocycles. The number of hydrazone groups is 1. The summed E-state index contributed by atoms with van der Waals surface area (Å²) in [4.78, 5) is 12.6. The van der Waals surface area contributed by atoms with Crippen molar-refractivity contribution < 1.29 is 14.6 Å². The number of ether oxygens (including phenoxy) is 1. The summed E-state index contributed by atoms with van der Waals surface area (Å²) in [5.41, 5.74) is 11.7. The van der Waals surface area contributed by atoms with E-state index in [0.29, 0.717) is 13.0 Å². The largest absolute Gasteiger partial charge is 0.508 e. The van der Waals surface area contributed by atoms with Gasteiger partial charge in [-0.2, -0.15) is 5.10 Å². The molecule has 0 aliphatic carbocycles. The average Bonchev–Trinajstić information content (AvgIpc) is 3.39. The highest BCUT2D eigenvalue weighted by Gasteiger charge is 2.31. The fourth-order valence-electron chi connectivity index (χ4n) is 4.21. The second-order valence-corrected chi connectivity index (χ2v) is 8.42. The average molecular weight is 467 g/mol. The van der Waals surface area contributed by atoms with Crippen LogP contribution in [0.5, 0.6) is 11.5 Å². The van der Waals surface area contributed by atoms with Gasteiger partial charge in [0.05, 0.1) is 12.3 Å². The maximum atomic E-state index is 12.6. The highest BCUT2D eigenvalue weighted by atomic mass is 16.5. The summed E-state index contributed by atoms with van der Waals surface area (Å²) < 4.78 is 6.25. The number of carbonyl (C=O) groups excluding carboxylic acids is 1. The van der Waals surface area contributed by atoms with Gasteiger partial charge in [-0.15, -0.1) is 0 Å². The van der Waals surface area contributed by atoms with Crippen LogP contribution in [0.3, 0.4) is 0 Å². The Kier molecular flexibility index (Phi) is 6.70. The lowest BCUT2D eigenvalue weighted by atomic mass is 10.0. The SMILES string of the molecule is O=C(N/N=C/c1ccc(O)cc1)C1CC(c2ccccc2OCc2cccc3ccccc23)NN1. The monoisotopic (exact) mass is 466 g/mol. The zero-order chi connectivity index (χ0) is 24.0. The van der Waals surface area contributed by atoms with Crippen LogP contribution in [0.15, 0.2) is 96.1 Å². The number of fused-ring (bicyclic) bond motifs is 1. The minimum Gasteiger partial charge on any atom is -0.508 e. The molecule has 4 N–H and O–H groups in total. The Bertz CT molecular complexity index is 1350.